The SMILES string of the molecule is CN(C(=O)O)[C@@H]1CCCN(C(=O)OC(C)(C)C)C1. The summed E-state index contributed by atoms with van der Waals surface area (Å²) in [5.41, 5.74) is -0.525. The van der Waals surface area contributed by atoms with Gasteiger partial charge in [0.2, 0.25) is 0 Å². The highest BCUT2D eigenvalue weighted by Crippen LogP contribution is 2.18. The Morgan fingerprint density at radius 3 is 2.50 bits per heavy atom. The third-order valence-electron chi connectivity index (χ3n) is 2.90. The summed E-state index contributed by atoms with van der Waals surface area (Å²) in [5, 5.41) is 8.94. The van der Waals surface area contributed by atoms with Gasteiger partial charge < -0.3 is 19.6 Å². The van der Waals surface area contributed by atoms with Crippen LogP contribution in [-0.2, 0) is 4.74 Å². The van der Waals surface area contributed by atoms with Crippen molar-refractivity contribution in [2.75, 3.05) is 20.1 Å². The van der Waals surface area contributed by atoms with Gasteiger partial charge in [0.1, 0.15) is 5.60 Å². The molecule has 0 radical (unpaired) electrons. The van der Waals surface area contributed by atoms with Gasteiger partial charge in [0.25, 0.3) is 0 Å². The zero-order valence-electron chi connectivity index (χ0n) is 11.5. The zero-order valence-corrected chi connectivity index (χ0v) is 11.5. The summed E-state index contributed by atoms with van der Waals surface area (Å²) in [7, 11) is 1.53. The summed E-state index contributed by atoms with van der Waals surface area (Å²) in [6.07, 6.45) is 0.237. The molecule has 0 aromatic carbocycles. The summed E-state index contributed by atoms with van der Waals surface area (Å²) in [5.74, 6) is 0. The van der Waals surface area contributed by atoms with Gasteiger partial charge in [0, 0.05) is 20.1 Å². The molecule has 6 heteroatoms. The zero-order chi connectivity index (χ0) is 13.9. The summed E-state index contributed by atoms with van der Waals surface area (Å²) < 4.78 is 5.29. The minimum absolute atomic E-state index is 0.149. The highest BCUT2D eigenvalue weighted by Gasteiger charge is 2.30. The Morgan fingerprint density at radius 2 is 2.00 bits per heavy atom. The van der Waals surface area contributed by atoms with Crippen LogP contribution in [0.5, 0.6) is 0 Å². The van der Waals surface area contributed by atoms with Crippen molar-refractivity contribution >= 4 is 12.2 Å². The van der Waals surface area contributed by atoms with E-state index in [-0.39, 0.29) is 12.1 Å². The molecule has 6 nitrogen and oxygen atoms in total. The molecule has 2 amide bonds. The van der Waals surface area contributed by atoms with Gasteiger partial charge in [0.05, 0.1) is 6.04 Å². The van der Waals surface area contributed by atoms with Crippen LogP contribution in [0.1, 0.15) is 33.6 Å². The molecule has 1 heterocycles. The number of piperidine rings is 1. The first-order valence-corrected chi connectivity index (χ1v) is 6.14. The van der Waals surface area contributed by atoms with Crippen molar-refractivity contribution in [1.29, 1.82) is 0 Å². The Bertz CT molecular complexity index is 325. The van der Waals surface area contributed by atoms with Crippen molar-refractivity contribution in [1.82, 2.24) is 9.80 Å². The monoisotopic (exact) mass is 258 g/mol. The van der Waals surface area contributed by atoms with Crippen molar-refractivity contribution in [3.63, 3.8) is 0 Å². The smallest absolute Gasteiger partial charge is 0.410 e. The molecule has 0 bridgehead atoms. The maximum absolute atomic E-state index is 11.9. The first kappa shape index (κ1) is 14.6. The molecule has 0 spiro atoms. The lowest BCUT2D eigenvalue weighted by molar-refractivity contribution is 0.0130. The number of amides is 2. The van der Waals surface area contributed by atoms with E-state index in [0.29, 0.717) is 13.1 Å². The van der Waals surface area contributed by atoms with Crippen molar-refractivity contribution in [3.8, 4) is 0 Å². The Labute approximate surface area is 107 Å². The van der Waals surface area contributed by atoms with Crippen LogP contribution in [0.3, 0.4) is 0 Å². The van der Waals surface area contributed by atoms with Gasteiger partial charge in [-0.05, 0) is 33.6 Å². The molecule has 1 saturated heterocycles. The van der Waals surface area contributed by atoms with Crippen molar-refractivity contribution in [2.45, 2.75) is 45.3 Å². The van der Waals surface area contributed by atoms with Crippen molar-refractivity contribution in [2.24, 2.45) is 0 Å². The number of ether oxygens (including phenoxy) is 1. The Balaban J connectivity index is 2.58. The average molecular weight is 258 g/mol. The van der Waals surface area contributed by atoms with Crippen molar-refractivity contribution < 1.29 is 19.4 Å². The van der Waals surface area contributed by atoms with Gasteiger partial charge in [-0.3, -0.25) is 0 Å². The number of likely N-dealkylation sites (tertiary alicyclic amines) is 1. The van der Waals surface area contributed by atoms with Crippen LogP contribution >= 0.6 is 0 Å². The van der Waals surface area contributed by atoms with E-state index in [1.807, 2.05) is 20.8 Å². The molecule has 0 aromatic heterocycles. The fourth-order valence-corrected chi connectivity index (χ4v) is 1.92. The van der Waals surface area contributed by atoms with E-state index in [4.69, 9.17) is 9.84 Å². The summed E-state index contributed by atoms with van der Waals surface area (Å²) >= 11 is 0. The first-order chi connectivity index (χ1) is 8.20. The van der Waals surface area contributed by atoms with Crippen LogP contribution in [-0.4, -0.2) is 58.9 Å². The Kier molecular flexibility index (Phi) is 4.43. The molecule has 1 rings (SSSR count). The molecule has 1 N–H and O–H groups in total. The van der Waals surface area contributed by atoms with Crippen molar-refractivity contribution in [3.05, 3.63) is 0 Å². The number of carbonyl (C=O) groups is 2. The number of carboxylic acid groups (broad SMARTS) is 1. The fraction of sp³-hybridized carbons (Fsp3) is 0.833. The largest absolute Gasteiger partial charge is 0.465 e. The van der Waals surface area contributed by atoms with Crippen LogP contribution in [0.25, 0.3) is 0 Å². The van der Waals surface area contributed by atoms with E-state index < -0.39 is 11.7 Å². The van der Waals surface area contributed by atoms with Gasteiger partial charge in [-0.2, -0.15) is 0 Å². The molecule has 1 atom stereocenters. The second-order valence-corrected chi connectivity index (χ2v) is 5.62. The van der Waals surface area contributed by atoms with Gasteiger partial charge in [0.15, 0.2) is 0 Å². The van der Waals surface area contributed by atoms with E-state index in [0.717, 1.165) is 12.8 Å². The summed E-state index contributed by atoms with van der Waals surface area (Å²) in [4.78, 5) is 25.6. The molecule has 0 unspecified atom stereocenters. The molecule has 1 fully saturated rings. The number of nitrogens with zero attached hydrogens (tertiary/aromatic N) is 2. The maximum Gasteiger partial charge on any atom is 0.410 e. The predicted molar refractivity (Wildman–Crippen MR) is 66.6 cm³/mol. The van der Waals surface area contributed by atoms with E-state index in [2.05, 4.69) is 0 Å². The van der Waals surface area contributed by atoms with E-state index in [9.17, 15) is 9.59 Å². The molecule has 1 aliphatic rings. The molecule has 18 heavy (non-hydrogen) atoms. The van der Waals surface area contributed by atoms with Gasteiger partial charge in [-0.15, -0.1) is 0 Å². The molecule has 1 aliphatic heterocycles. The molecule has 104 valence electrons. The topological polar surface area (TPSA) is 70.1 Å². The van der Waals surface area contributed by atoms with Gasteiger partial charge >= 0.3 is 12.2 Å². The second kappa shape index (κ2) is 5.46. The highest BCUT2D eigenvalue weighted by molar-refractivity contribution is 5.69. The maximum atomic E-state index is 11.9. The lowest BCUT2D eigenvalue weighted by Gasteiger charge is -2.37. The molecular formula is C12H22N2O4. The van der Waals surface area contributed by atoms with Crippen LogP contribution in [0.15, 0.2) is 0 Å². The van der Waals surface area contributed by atoms with Crippen LogP contribution in [0.2, 0.25) is 0 Å². The third kappa shape index (κ3) is 4.09. The van der Waals surface area contributed by atoms with E-state index in [1.54, 1.807) is 4.90 Å². The van der Waals surface area contributed by atoms with Gasteiger partial charge in [-0.25, -0.2) is 9.59 Å². The average Bonchev–Trinajstić information content (AvgIpc) is 2.25. The van der Waals surface area contributed by atoms with E-state index >= 15 is 0 Å². The number of rotatable bonds is 1. The lowest BCUT2D eigenvalue weighted by Crippen LogP contribution is -2.51. The predicted octanol–water partition coefficient (Wildman–Crippen LogP) is 2.00. The minimum Gasteiger partial charge on any atom is -0.465 e. The molecule has 0 aliphatic carbocycles. The second-order valence-electron chi connectivity index (χ2n) is 5.62. The van der Waals surface area contributed by atoms with Crippen LogP contribution in [0, 0.1) is 0 Å². The molecule has 0 aromatic rings. The lowest BCUT2D eigenvalue weighted by atomic mass is 10.1. The van der Waals surface area contributed by atoms with Crippen LogP contribution in [0.4, 0.5) is 9.59 Å². The third-order valence-corrected chi connectivity index (χ3v) is 2.90. The quantitative estimate of drug-likeness (QED) is 0.781. The summed E-state index contributed by atoms with van der Waals surface area (Å²) in [6.45, 7) is 6.47. The summed E-state index contributed by atoms with van der Waals surface area (Å²) in [6, 6.07) is -0.149. The number of carbonyl (C=O) groups excluding carboxylic acids is 1. The van der Waals surface area contributed by atoms with Gasteiger partial charge in [-0.1, -0.05) is 0 Å². The number of likely N-dealkylation sites (N-methyl/N-ethyl adjacent to an activating group) is 1. The van der Waals surface area contributed by atoms with E-state index in [1.165, 1.54) is 11.9 Å². The molecular weight excluding hydrogens is 236 g/mol. The fourth-order valence-electron chi connectivity index (χ4n) is 1.92. The number of hydrogen-bond donors (Lipinski definition) is 1. The first-order valence-electron chi connectivity index (χ1n) is 6.14. The Morgan fingerprint density at radius 1 is 1.39 bits per heavy atom. The minimum atomic E-state index is -0.967. The van der Waals surface area contributed by atoms with Crippen LogP contribution < -0.4 is 0 Å². The number of hydrogen-bond acceptors (Lipinski definition) is 3. The highest BCUT2D eigenvalue weighted by atomic mass is 16.6. The Hall–Kier alpha value is -1.46. The normalized spacial score (nSPS) is 20.4. The standard InChI is InChI=1S/C12H22N2O4/c1-12(2,3)18-11(17)14-7-5-6-9(8-14)13(4)10(15)16/h9H,5-8H2,1-4H3,(H,15,16)/t9-/m1/s1. The molecule has 0 saturated carbocycles.